The molecule has 392 valence electrons. The minimum atomic E-state index is -1.72. The third-order valence-corrected chi connectivity index (χ3v) is 12.0. The van der Waals surface area contributed by atoms with Crippen LogP contribution in [0.3, 0.4) is 0 Å². The lowest BCUT2D eigenvalue weighted by atomic mass is 9.97. The lowest BCUT2D eigenvalue weighted by Crippen LogP contribution is -2.62. The van der Waals surface area contributed by atoms with Gasteiger partial charge in [-0.3, -0.25) is 38.4 Å². The maximum absolute atomic E-state index is 14.3. The first-order valence-corrected chi connectivity index (χ1v) is 23.5. The number of phenolic OH excluding ortho intramolecular Hbond substituents is 2. The van der Waals surface area contributed by atoms with Gasteiger partial charge in [0.05, 0.1) is 19.3 Å². The van der Waals surface area contributed by atoms with Crippen LogP contribution in [0.4, 0.5) is 0 Å². The number of carboxylic acid groups (broad SMARTS) is 1. The molecule has 0 bridgehead atoms. The molecule has 16 N–H and O–H groups in total. The summed E-state index contributed by atoms with van der Waals surface area (Å²) >= 11 is 0. The number of hydrogen-bond acceptors (Lipinski definition) is 15. The highest BCUT2D eigenvalue weighted by molar-refractivity contribution is 5.98. The number of nitrogens with two attached hydrogens (primary N) is 2. The predicted octanol–water partition coefficient (Wildman–Crippen LogP) is -3.12. The van der Waals surface area contributed by atoms with Crippen LogP contribution >= 0.6 is 0 Å². The van der Waals surface area contributed by atoms with Gasteiger partial charge in [0.25, 0.3) is 0 Å². The van der Waals surface area contributed by atoms with E-state index in [-0.39, 0.29) is 43.9 Å². The Morgan fingerprint density at radius 2 is 1.11 bits per heavy atom. The minimum Gasteiger partial charge on any atom is -0.508 e. The second kappa shape index (κ2) is 28.7. The fourth-order valence-corrected chi connectivity index (χ4v) is 7.57. The van der Waals surface area contributed by atoms with E-state index < -0.39 is 127 Å². The number of likely N-dealkylation sites (tertiary alicyclic amines) is 1. The number of aliphatic carboxylic acids is 1. The number of rotatable bonds is 28. The molecule has 1 aliphatic heterocycles. The number of carbonyl (C=O) groups excluding carboxylic acids is 8. The minimum absolute atomic E-state index is 0.0356. The summed E-state index contributed by atoms with van der Waals surface area (Å²) in [4.78, 5) is 122. The maximum Gasteiger partial charge on any atom is 0.328 e. The topological polar surface area (TPSA) is 394 Å². The fraction of sp³-hybridized carbons (Fsp3) is 0.553. The van der Waals surface area contributed by atoms with E-state index in [4.69, 9.17) is 11.5 Å². The SMILES string of the molecule is CC[C@H](C)[C@H](NC(=O)[C@H](CO)NC(=O)[C@H](Cc1ccc(O)cc1)NC(=O)[C@H](Cc1ccc(O)cc1)NC(=O)[C@@H]1CCCN1C(=O)[C@H](C)N)C(=O)N[C@@H](CCCCN)C(=O)N[C@@H](C)C(=O)N[C@@H](CO)C(=O)O. The molecule has 10 atom stereocenters. The van der Waals surface area contributed by atoms with Gasteiger partial charge in [0.15, 0.2) is 0 Å². The van der Waals surface area contributed by atoms with Crippen LogP contribution in [0.5, 0.6) is 11.5 Å². The van der Waals surface area contributed by atoms with Gasteiger partial charge in [-0.15, -0.1) is 0 Å². The molecule has 1 fully saturated rings. The summed E-state index contributed by atoms with van der Waals surface area (Å²) in [5.74, 6) is -8.82. The number of carbonyl (C=O) groups is 9. The number of carboxylic acids is 1. The van der Waals surface area contributed by atoms with Gasteiger partial charge in [-0.1, -0.05) is 44.5 Å². The van der Waals surface area contributed by atoms with E-state index in [9.17, 15) is 68.7 Å². The third-order valence-electron chi connectivity index (χ3n) is 12.0. The van der Waals surface area contributed by atoms with E-state index >= 15 is 0 Å². The molecule has 2 aromatic carbocycles. The first-order valence-electron chi connectivity index (χ1n) is 23.5. The van der Waals surface area contributed by atoms with E-state index in [0.29, 0.717) is 43.2 Å². The molecule has 1 heterocycles. The molecule has 2 aromatic rings. The van der Waals surface area contributed by atoms with Crippen molar-refractivity contribution in [2.75, 3.05) is 26.3 Å². The molecule has 8 amide bonds. The zero-order valence-electron chi connectivity index (χ0n) is 40.4. The predicted molar refractivity (Wildman–Crippen MR) is 255 cm³/mol. The van der Waals surface area contributed by atoms with Crippen molar-refractivity contribution in [2.45, 2.75) is 133 Å². The van der Waals surface area contributed by atoms with Crippen molar-refractivity contribution in [2.24, 2.45) is 17.4 Å². The van der Waals surface area contributed by atoms with Crippen molar-refractivity contribution in [3.05, 3.63) is 59.7 Å². The van der Waals surface area contributed by atoms with Gasteiger partial charge in [0.2, 0.25) is 47.3 Å². The van der Waals surface area contributed by atoms with Crippen LogP contribution in [0.25, 0.3) is 0 Å². The lowest BCUT2D eigenvalue weighted by molar-refractivity contribution is -0.143. The van der Waals surface area contributed by atoms with Crippen molar-refractivity contribution in [3.8, 4) is 11.5 Å². The average Bonchev–Trinajstić information content (AvgIpc) is 3.84. The van der Waals surface area contributed by atoms with Crippen LogP contribution in [0, 0.1) is 5.92 Å². The van der Waals surface area contributed by atoms with E-state index in [2.05, 4.69) is 37.2 Å². The number of amides is 8. The van der Waals surface area contributed by atoms with Crippen molar-refractivity contribution >= 4 is 53.2 Å². The first kappa shape index (κ1) is 58.4. The van der Waals surface area contributed by atoms with Crippen molar-refractivity contribution in [1.82, 2.24) is 42.1 Å². The summed E-state index contributed by atoms with van der Waals surface area (Å²) in [7, 11) is 0. The van der Waals surface area contributed by atoms with Gasteiger partial charge in [-0.05, 0) is 93.8 Å². The number of aliphatic hydroxyl groups is 2. The average molecular weight is 999 g/mol. The largest absolute Gasteiger partial charge is 0.508 e. The summed E-state index contributed by atoms with van der Waals surface area (Å²) in [6, 6.07) is -0.525. The number of hydrogen-bond donors (Lipinski definition) is 14. The van der Waals surface area contributed by atoms with Gasteiger partial charge in [-0.2, -0.15) is 0 Å². The second-order valence-electron chi connectivity index (χ2n) is 17.6. The third kappa shape index (κ3) is 18.1. The molecule has 24 nitrogen and oxygen atoms in total. The highest BCUT2D eigenvalue weighted by Gasteiger charge is 2.38. The van der Waals surface area contributed by atoms with E-state index in [1.807, 2.05) is 0 Å². The van der Waals surface area contributed by atoms with Gasteiger partial charge in [0.1, 0.15) is 59.8 Å². The number of unbranched alkanes of at least 4 members (excludes halogenated alkanes) is 1. The van der Waals surface area contributed by atoms with Crippen LogP contribution in [-0.2, 0) is 56.0 Å². The maximum atomic E-state index is 14.3. The highest BCUT2D eigenvalue weighted by Crippen LogP contribution is 2.20. The summed E-state index contributed by atoms with van der Waals surface area (Å²) in [6.07, 6.45) is 1.58. The quantitative estimate of drug-likeness (QED) is 0.0375. The Labute approximate surface area is 411 Å². The molecule has 24 heteroatoms. The molecule has 0 spiro atoms. The second-order valence-corrected chi connectivity index (χ2v) is 17.6. The summed E-state index contributed by atoms with van der Waals surface area (Å²) in [5, 5.41) is 66.3. The first-order chi connectivity index (χ1) is 33.6. The smallest absolute Gasteiger partial charge is 0.328 e. The van der Waals surface area contributed by atoms with Gasteiger partial charge in [-0.25, -0.2) is 4.79 Å². The molecular weight excluding hydrogens is 929 g/mol. The fourth-order valence-electron chi connectivity index (χ4n) is 7.57. The Kier molecular flexibility index (Phi) is 23.6. The molecule has 1 saturated heterocycles. The Morgan fingerprint density at radius 1 is 0.634 bits per heavy atom. The van der Waals surface area contributed by atoms with Crippen LogP contribution in [-0.4, -0.2) is 164 Å². The highest BCUT2D eigenvalue weighted by atomic mass is 16.4. The molecular formula is C47H70N10O14. The normalized spacial score (nSPS) is 17.1. The zero-order valence-corrected chi connectivity index (χ0v) is 40.4. The van der Waals surface area contributed by atoms with Crippen LogP contribution in [0.1, 0.15) is 77.3 Å². The Balaban J connectivity index is 1.88. The van der Waals surface area contributed by atoms with Gasteiger partial charge < -0.3 is 79.1 Å². The Bertz CT molecular complexity index is 2140. The summed E-state index contributed by atoms with van der Waals surface area (Å²) in [5.41, 5.74) is 12.4. The van der Waals surface area contributed by atoms with Crippen LogP contribution in [0.15, 0.2) is 48.5 Å². The molecule has 3 rings (SSSR count). The van der Waals surface area contributed by atoms with Gasteiger partial charge in [0, 0.05) is 19.4 Å². The van der Waals surface area contributed by atoms with Crippen molar-refractivity contribution in [1.29, 1.82) is 0 Å². The standard InChI is InChI=1S/C47H70N10O14/c1-5-25(2)38(45(68)51-32(9-6-7-19-48)40(63)50-27(4)39(62)55-36(24-59)47(70)71)56-43(66)35(23-58)54-42(65)33(21-28-11-15-30(60)16-12-28)52-41(64)34(22-29-13-17-31(61)18-14-29)53-44(67)37-10-8-20-57(37)46(69)26(3)49/h11-18,25-27,32-38,58-61H,5-10,19-24,48-49H2,1-4H3,(H,50,63)(H,51,68)(H,52,64)(H,53,67)(H,54,65)(H,55,62)(H,56,66)(H,70,71)/t25-,26-,27-,32-,33-,34-,35-,36-,37-,38-/m0/s1. The number of aromatic hydroxyl groups is 2. The van der Waals surface area contributed by atoms with Crippen LogP contribution < -0.4 is 48.7 Å². The van der Waals surface area contributed by atoms with Gasteiger partial charge >= 0.3 is 5.97 Å². The number of nitrogens with one attached hydrogen (secondary N) is 7. The number of aliphatic hydroxyl groups excluding tert-OH is 2. The number of phenols is 2. The molecule has 1 aliphatic rings. The zero-order chi connectivity index (χ0) is 52.9. The van der Waals surface area contributed by atoms with E-state index in [0.717, 1.165) is 0 Å². The lowest BCUT2D eigenvalue weighted by Gasteiger charge is -2.29. The monoisotopic (exact) mass is 999 g/mol. The number of benzene rings is 2. The molecule has 0 saturated carbocycles. The molecule has 0 aliphatic carbocycles. The Morgan fingerprint density at radius 3 is 1.61 bits per heavy atom. The van der Waals surface area contributed by atoms with E-state index in [1.54, 1.807) is 13.8 Å². The van der Waals surface area contributed by atoms with Crippen molar-refractivity contribution in [3.63, 3.8) is 0 Å². The molecule has 0 unspecified atom stereocenters. The van der Waals surface area contributed by atoms with Crippen molar-refractivity contribution < 1.29 is 68.7 Å². The van der Waals surface area contributed by atoms with E-state index in [1.165, 1.54) is 67.3 Å². The summed E-state index contributed by atoms with van der Waals surface area (Å²) in [6.45, 7) is 4.73. The summed E-state index contributed by atoms with van der Waals surface area (Å²) < 4.78 is 0. The molecule has 0 radical (unpaired) electrons. The molecule has 71 heavy (non-hydrogen) atoms. The number of nitrogens with zero attached hydrogens (tertiary/aromatic N) is 1. The Hall–Kier alpha value is -6.89. The molecule has 0 aromatic heterocycles. The van der Waals surface area contributed by atoms with Crippen LogP contribution in [0.2, 0.25) is 0 Å².